The topological polar surface area (TPSA) is 72.9 Å². The Hall–Kier alpha value is -1.95. The molecule has 0 fully saturated rings. The molecule has 0 rings (SSSR count). The van der Waals surface area contributed by atoms with Gasteiger partial charge in [-0.25, -0.2) is 0 Å². The maximum atomic E-state index is 12.7. The van der Waals surface area contributed by atoms with Crippen LogP contribution >= 0.6 is 0 Å². The van der Waals surface area contributed by atoms with Crippen LogP contribution in [0, 0.1) is 5.92 Å². The molecular formula is C42H77NO5. The van der Waals surface area contributed by atoms with Crippen LogP contribution in [-0.2, 0) is 23.9 Å². The van der Waals surface area contributed by atoms with Crippen molar-refractivity contribution in [2.24, 2.45) is 5.92 Å². The molecule has 0 bridgehead atoms. The fraction of sp³-hybridized carbons (Fsp3) is 0.833. The Morgan fingerprint density at radius 1 is 0.521 bits per heavy atom. The average Bonchev–Trinajstić information content (AvgIpc) is 3.05. The average molecular weight is 676 g/mol. The van der Waals surface area contributed by atoms with E-state index in [2.05, 4.69) is 45.0 Å². The normalized spacial score (nSPS) is 11.8. The Morgan fingerprint density at radius 2 is 0.958 bits per heavy atom. The van der Waals surface area contributed by atoms with E-state index in [0.717, 1.165) is 103 Å². The van der Waals surface area contributed by atoms with Crippen LogP contribution in [0.25, 0.3) is 0 Å². The van der Waals surface area contributed by atoms with Crippen molar-refractivity contribution in [2.45, 2.75) is 187 Å². The van der Waals surface area contributed by atoms with Crippen LogP contribution < -0.4 is 0 Å². The van der Waals surface area contributed by atoms with Crippen LogP contribution in [0.5, 0.6) is 0 Å². The van der Waals surface area contributed by atoms with Gasteiger partial charge in [-0.2, -0.15) is 0 Å². The van der Waals surface area contributed by atoms with Crippen LogP contribution in [0.1, 0.15) is 187 Å². The second-order valence-corrected chi connectivity index (χ2v) is 14.1. The molecule has 6 heteroatoms. The zero-order chi connectivity index (χ0) is 35.3. The van der Waals surface area contributed by atoms with Gasteiger partial charge in [-0.05, 0) is 71.5 Å². The molecule has 0 aliphatic carbocycles. The van der Waals surface area contributed by atoms with Gasteiger partial charge in [-0.1, -0.05) is 141 Å². The van der Waals surface area contributed by atoms with Gasteiger partial charge in [0.1, 0.15) is 19.0 Å². The SMILES string of the molecule is CCCCCC/C=C\COC(=O)CCCCCCCC(CCCCCCCC(=O)OC/C=C\CCCCCC)CC(=O)CCCN(C)C. The predicted molar refractivity (Wildman–Crippen MR) is 203 cm³/mol. The molecule has 0 atom stereocenters. The zero-order valence-electron chi connectivity index (χ0n) is 32.1. The van der Waals surface area contributed by atoms with Gasteiger partial charge in [-0.3, -0.25) is 14.4 Å². The monoisotopic (exact) mass is 676 g/mol. The summed E-state index contributed by atoms with van der Waals surface area (Å²) in [5.41, 5.74) is 0. The molecule has 0 unspecified atom stereocenters. The van der Waals surface area contributed by atoms with Gasteiger partial charge in [0.15, 0.2) is 0 Å². The highest BCUT2D eigenvalue weighted by molar-refractivity contribution is 5.78. The van der Waals surface area contributed by atoms with Crippen LogP contribution in [-0.4, -0.2) is 56.5 Å². The lowest BCUT2D eigenvalue weighted by Crippen LogP contribution is -2.15. The van der Waals surface area contributed by atoms with Crippen molar-refractivity contribution < 1.29 is 23.9 Å². The molecular weight excluding hydrogens is 598 g/mol. The Labute approximate surface area is 297 Å². The molecule has 0 N–H and O–H groups in total. The first-order valence-corrected chi connectivity index (χ1v) is 20.2. The molecule has 0 aromatic carbocycles. The minimum Gasteiger partial charge on any atom is -0.461 e. The zero-order valence-corrected chi connectivity index (χ0v) is 32.1. The molecule has 0 radical (unpaired) electrons. The first kappa shape index (κ1) is 46.0. The summed E-state index contributed by atoms with van der Waals surface area (Å²) in [6, 6.07) is 0. The van der Waals surface area contributed by atoms with Crippen molar-refractivity contribution in [3.63, 3.8) is 0 Å². The predicted octanol–water partition coefficient (Wildman–Crippen LogP) is 11.5. The van der Waals surface area contributed by atoms with E-state index in [-0.39, 0.29) is 11.9 Å². The minimum atomic E-state index is -0.0883. The van der Waals surface area contributed by atoms with Crippen molar-refractivity contribution in [3.05, 3.63) is 24.3 Å². The summed E-state index contributed by atoms with van der Waals surface area (Å²) in [4.78, 5) is 38.9. The number of unbranched alkanes of at least 4 members (excludes halogenated alkanes) is 16. The molecule has 0 aromatic heterocycles. The Bertz CT molecular complexity index is 754. The number of Topliss-reactive ketones (excluding diaryl/α,β-unsaturated/α-hetero) is 1. The molecule has 48 heavy (non-hydrogen) atoms. The Kier molecular flexibility index (Phi) is 34.9. The van der Waals surface area contributed by atoms with E-state index in [9.17, 15) is 14.4 Å². The third-order valence-corrected chi connectivity index (χ3v) is 9.03. The minimum absolute atomic E-state index is 0.0883. The smallest absolute Gasteiger partial charge is 0.306 e. The molecule has 0 amide bonds. The lowest BCUT2D eigenvalue weighted by Gasteiger charge is -2.17. The third kappa shape index (κ3) is 35.4. The first-order chi connectivity index (χ1) is 23.4. The number of rotatable bonds is 36. The number of hydrogen-bond donors (Lipinski definition) is 0. The lowest BCUT2D eigenvalue weighted by molar-refractivity contribution is -0.143. The Balaban J connectivity index is 4.11. The van der Waals surface area contributed by atoms with Gasteiger partial charge in [0.2, 0.25) is 0 Å². The molecule has 0 aromatic rings. The number of allylic oxidation sites excluding steroid dienone is 2. The summed E-state index contributed by atoms with van der Waals surface area (Å²) >= 11 is 0. The molecule has 0 heterocycles. The first-order valence-electron chi connectivity index (χ1n) is 20.2. The molecule has 6 nitrogen and oxygen atoms in total. The number of nitrogens with zero attached hydrogens (tertiary/aromatic N) is 1. The number of carbonyl (C=O) groups is 3. The summed E-state index contributed by atoms with van der Waals surface area (Å²) < 4.78 is 10.7. The molecule has 0 saturated carbocycles. The lowest BCUT2D eigenvalue weighted by atomic mass is 9.89. The maximum Gasteiger partial charge on any atom is 0.306 e. The van der Waals surface area contributed by atoms with Crippen LogP contribution in [0.4, 0.5) is 0 Å². The van der Waals surface area contributed by atoms with Crippen molar-refractivity contribution in [3.8, 4) is 0 Å². The van der Waals surface area contributed by atoms with Crippen LogP contribution in [0.3, 0.4) is 0 Å². The highest BCUT2D eigenvalue weighted by Crippen LogP contribution is 2.23. The summed E-state index contributed by atoms with van der Waals surface area (Å²) in [5.74, 6) is 0.710. The van der Waals surface area contributed by atoms with E-state index in [1.807, 2.05) is 12.2 Å². The van der Waals surface area contributed by atoms with Crippen molar-refractivity contribution in [2.75, 3.05) is 33.9 Å². The number of hydrogen-bond acceptors (Lipinski definition) is 6. The van der Waals surface area contributed by atoms with E-state index in [4.69, 9.17) is 9.47 Å². The molecule has 0 saturated heterocycles. The number of ether oxygens (including phenoxy) is 2. The summed E-state index contributed by atoms with van der Waals surface area (Å²) in [7, 11) is 4.12. The van der Waals surface area contributed by atoms with Gasteiger partial charge in [-0.15, -0.1) is 0 Å². The van der Waals surface area contributed by atoms with E-state index in [1.165, 1.54) is 51.4 Å². The van der Waals surface area contributed by atoms with Crippen molar-refractivity contribution in [1.29, 1.82) is 0 Å². The standard InChI is InChI=1S/C42H77NO5/c1-5-7-9-11-13-21-27-36-47-41(45)33-25-19-15-17-23-30-39(38-40(44)32-29-35-43(3)4)31-24-18-16-20-26-34-42(46)48-37-28-22-14-12-10-8-6-2/h21-22,27-28,39H,5-20,23-26,29-38H2,1-4H3/b27-21-,28-22-. The number of esters is 2. The summed E-state index contributed by atoms with van der Waals surface area (Å²) in [6.45, 7) is 6.19. The second kappa shape index (κ2) is 36.3. The van der Waals surface area contributed by atoms with Crippen molar-refractivity contribution >= 4 is 17.7 Å². The molecule has 0 aliphatic rings. The molecule has 280 valence electrons. The highest BCUT2D eigenvalue weighted by atomic mass is 16.5. The molecule has 0 spiro atoms. The molecule has 0 aliphatic heterocycles. The van der Waals surface area contributed by atoms with Gasteiger partial charge in [0, 0.05) is 25.7 Å². The largest absolute Gasteiger partial charge is 0.461 e. The van der Waals surface area contributed by atoms with Gasteiger partial charge < -0.3 is 14.4 Å². The van der Waals surface area contributed by atoms with E-state index < -0.39 is 0 Å². The maximum absolute atomic E-state index is 12.7. The fourth-order valence-electron chi connectivity index (χ4n) is 6.01. The van der Waals surface area contributed by atoms with Gasteiger partial charge in [0.05, 0.1) is 0 Å². The highest BCUT2D eigenvalue weighted by Gasteiger charge is 2.14. The van der Waals surface area contributed by atoms with E-state index in [1.54, 1.807) is 0 Å². The third-order valence-electron chi connectivity index (χ3n) is 9.03. The summed E-state index contributed by atoms with van der Waals surface area (Å²) in [6.07, 6.45) is 36.8. The Morgan fingerprint density at radius 3 is 1.42 bits per heavy atom. The van der Waals surface area contributed by atoms with Gasteiger partial charge in [0.25, 0.3) is 0 Å². The van der Waals surface area contributed by atoms with Crippen LogP contribution in [0.2, 0.25) is 0 Å². The second-order valence-electron chi connectivity index (χ2n) is 14.1. The number of carbonyl (C=O) groups excluding carboxylic acids is 3. The van der Waals surface area contributed by atoms with Gasteiger partial charge >= 0.3 is 11.9 Å². The van der Waals surface area contributed by atoms with Crippen LogP contribution in [0.15, 0.2) is 24.3 Å². The fourth-order valence-corrected chi connectivity index (χ4v) is 6.01. The number of ketones is 1. The van der Waals surface area contributed by atoms with Crippen molar-refractivity contribution in [1.82, 2.24) is 4.90 Å². The van der Waals surface area contributed by atoms with E-state index in [0.29, 0.717) is 50.6 Å². The summed E-state index contributed by atoms with van der Waals surface area (Å²) in [5, 5.41) is 0. The quantitative estimate of drug-likeness (QED) is 0.0374. The van der Waals surface area contributed by atoms with E-state index >= 15 is 0 Å².